The van der Waals surface area contributed by atoms with Crippen LogP contribution < -0.4 is 5.73 Å². The van der Waals surface area contributed by atoms with Crippen LogP contribution in [0.25, 0.3) is 0 Å². The summed E-state index contributed by atoms with van der Waals surface area (Å²) in [5.41, 5.74) is 5.48. The summed E-state index contributed by atoms with van der Waals surface area (Å²) in [6.07, 6.45) is 1.80. The molecule has 5 nitrogen and oxygen atoms in total. The van der Waals surface area contributed by atoms with Gasteiger partial charge < -0.3 is 5.73 Å². The number of Topliss-reactive ketones (excluding diaryl/α,β-unsaturated/α-hetero) is 1. The number of hydrogen-bond donors (Lipinski definition) is 1. The largest absolute Gasteiger partial charge is 0.386 e. The molecule has 1 aromatic heterocycles. The number of carbonyl (C=O) groups excluding carboxylic acids is 1. The lowest BCUT2D eigenvalue weighted by Crippen LogP contribution is -2.58. The average Bonchev–Trinajstić information content (AvgIpc) is 2.92. The lowest BCUT2D eigenvalue weighted by molar-refractivity contribution is 0.0988. The Labute approximate surface area is 195 Å². The number of rotatable bonds is 5. The summed E-state index contributed by atoms with van der Waals surface area (Å²) in [5.74, 6) is 2.78. The zero-order valence-corrected chi connectivity index (χ0v) is 19.5. The summed E-state index contributed by atoms with van der Waals surface area (Å²) in [6.45, 7) is 0.702. The Kier molecular flexibility index (Phi) is 5.63. The minimum atomic E-state index is -3.06. The van der Waals surface area contributed by atoms with Gasteiger partial charge in [-0.2, -0.15) is 0 Å². The predicted octanol–water partition coefficient (Wildman–Crippen LogP) is 4.13. The second kappa shape index (κ2) is 7.78. The molecule has 0 saturated carbocycles. The number of amidine groups is 1. The fourth-order valence-corrected chi connectivity index (χ4v) is 8.30. The standard InChI is InChI=1S/C22H21Cl2F2N3O2S/c1-21(18-5-6-22(11-25,20(27)29-21)32(18,2)31)14-7-12(3-4-16(14)26)8-17(30)19-15(24)9-13(23)10-28-19/h3-4,7,9-10,18H,2,5-6,8,11H2,1H3,(H2,27,29)/t18-,21+,22-,32?/m0/s1. The van der Waals surface area contributed by atoms with Crippen LogP contribution in [0.2, 0.25) is 10.0 Å². The van der Waals surface area contributed by atoms with Crippen molar-refractivity contribution in [3.8, 4) is 0 Å². The number of nitrogens with two attached hydrogens (primary N) is 1. The third-order valence-corrected chi connectivity index (χ3v) is 10.6. The number of ketones is 1. The molecule has 0 aliphatic carbocycles. The molecule has 0 spiro atoms. The Bertz CT molecular complexity index is 1270. The van der Waals surface area contributed by atoms with Crippen LogP contribution in [0.4, 0.5) is 8.78 Å². The molecule has 3 heterocycles. The number of aromatic nitrogens is 1. The highest BCUT2D eigenvalue weighted by atomic mass is 35.5. The zero-order valence-electron chi connectivity index (χ0n) is 17.2. The fourth-order valence-electron chi connectivity index (χ4n) is 4.80. The van der Waals surface area contributed by atoms with Crippen LogP contribution in [0.15, 0.2) is 35.5 Å². The molecule has 2 aliphatic heterocycles. The number of hydrogen-bond acceptors (Lipinski definition) is 5. The molecule has 1 unspecified atom stereocenters. The second-order valence-electron chi connectivity index (χ2n) is 8.42. The molecule has 1 saturated heterocycles. The number of fused-ring (bicyclic) bond motifs is 2. The number of alkyl halides is 1. The van der Waals surface area contributed by atoms with E-state index in [9.17, 15) is 13.4 Å². The van der Waals surface area contributed by atoms with Gasteiger partial charge in [0.25, 0.3) is 0 Å². The molecule has 2 N–H and O–H groups in total. The van der Waals surface area contributed by atoms with Gasteiger partial charge in [-0.15, -0.1) is 0 Å². The molecule has 10 heteroatoms. The number of nitrogens with zero attached hydrogens (tertiary/aromatic N) is 2. The molecule has 4 atom stereocenters. The summed E-state index contributed by atoms with van der Waals surface area (Å²) in [4.78, 5) is 21.2. The second-order valence-corrected chi connectivity index (χ2v) is 12.1. The molecule has 1 fully saturated rings. The number of aliphatic imine (C=N–C) groups is 1. The van der Waals surface area contributed by atoms with E-state index in [0.717, 1.165) is 0 Å². The van der Waals surface area contributed by atoms with Gasteiger partial charge in [0.05, 0.1) is 15.3 Å². The van der Waals surface area contributed by atoms with Crippen molar-refractivity contribution in [1.29, 1.82) is 0 Å². The van der Waals surface area contributed by atoms with E-state index in [4.69, 9.17) is 28.9 Å². The average molecular weight is 500 g/mol. The number of halogens is 4. The van der Waals surface area contributed by atoms with Gasteiger partial charge in [0.1, 0.15) is 34.3 Å². The highest BCUT2D eigenvalue weighted by Gasteiger charge is 2.61. The Balaban J connectivity index is 1.75. The third kappa shape index (κ3) is 3.26. The van der Waals surface area contributed by atoms with Crippen LogP contribution in [0.1, 0.15) is 41.4 Å². The van der Waals surface area contributed by atoms with Gasteiger partial charge in [0.2, 0.25) is 0 Å². The van der Waals surface area contributed by atoms with E-state index in [1.54, 1.807) is 6.92 Å². The third-order valence-electron chi connectivity index (χ3n) is 6.61. The molecule has 2 bridgehead atoms. The lowest BCUT2D eigenvalue weighted by Gasteiger charge is -2.42. The summed E-state index contributed by atoms with van der Waals surface area (Å²) >= 11 is 11.9. The van der Waals surface area contributed by atoms with Crippen molar-refractivity contribution in [2.24, 2.45) is 10.7 Å². The van der Waals surface area contributed by atoms with E-state index in [1.165, 1.54) is 30.5 Å². The Morgan fingerprint density at radius 1 is 1.38 bits per heavy atom. The molecule has 0 amide bonds. The van der Waals surface area contributed by atoms with Gasteiger partial charge in [0, 0.05) is 18.2 Å². The first kappa shape index (κ1) is 23.1. The fraction of sp³-hybridized carbons (Fsp3) is 0.364. The maximum atomic E-state index is 15.0. The van der Waals surface area contributed by atoms with E-state index < -0.39 is 37.5 Å². The highest BCUT2D eigenvalue weighted by Crippen LogP contribution is 2.51. The highest BCUT2D eigenvalue weighted by molar-refractivity contribution is 8.03. The smallest absolute Gasteiger partial charge is 0.187 e. The molecule has 2 aromatic rings. The zero-order chi connectivity index (χ0) is 23.5. The lowest BCUT2D eigenvalue weighted by atomic mass is 9.85. The summed E-state index contributed by atoms with van der Waals surface area (Å²) < 4.78 is 41.1. The Morgan fingerprint density at radius 2 is 2.09 bits per heavy atom. The first-order valence-corrected chi connectivity index (χ1v) is 12.4. The minimum Gasteiger partial charge on any atom is -0.386 e. The molecular weight excluding hydrogens is 479 g/mol. The predicted molar refractivity (Wildman–Crippen MR) is 125 cm³/mol. The number of benzene rings is 1. The van der Waals surface area contributed by atoms with E-state index in [1.807, 2.05) is 0 Å². The van der Waals surface area contributed by atoms with Crippen molar-refractivity contribution >= 4 is 50.2 Å². The quantitative estimate of drug-likeness (QED) is 0.495. The molecule has 32 heavy (non-hydrogen) atoms. The summed E-state index contributed by atoms with van der Waals surface area (Å²) in [7, 11) is -3.06. The van der Waals surface area contributed by atoms with Gasteiger partial charge in [-0.25, -0.2) is 13.8 Å². The minimum absolute atomic E-state index is 0.0531. The molecule has 2 aliphatic rings. The van der Waals surface area contributed by atoms with Gasteiger partial charge in [-0.1, -0.05) is 29.3 Å². The van der Waals surface area contributed by atoms with E-state index in [0.29, 0.717) is 17.0 Å². The van der Waals surface area contributed by atoms with Gasteiger partial charge in [-0.3, -0.25) is 14.0 Å². The number of pyridine rings is 1. The van der Waals surface area contributed by atoms with Crippen molar-refractivity contribution < 1.29 is 17.8 Å². The van der Waals surface area contributed by atoms with E-state index in [-0.39, 0.29) is 40.7 Å². The molecule has 1 aromatic carbocycles. The molecular formula is C22H21Cl2F2N3O2S. The summed E-state index contributed by atoms with van der Waals surface area (Å²) in [5, 5.41) is -0.272. The van der Waals surface area contributed by atoms with E-state index >= 15 is 4.39 Å². The van der Waals surface area contributed by atoms with Crippen molar-refractivity contribution in [3.63, 3.8) is 0 Å². The Hall–Kier alpha value is -2.03. The van der Waals surface area contributed by atoms with E-state index in [2.05, 4.69) is 15.8 Å². The van der Waals surface area contributed by atoms with Crippen LogP contribution in [-0.4, -0.2) is 43.4 Å². The van der Waals surface area contributed by atoms with Crippen molar-refractivity contribution in [1.82, 2.24) is 4.98 Å². The van der Waals surface area contributed by atoms with Gasteiger partial charge >= 0.3 is 0 Å². The SMILES string of the molecule is C=S1(=O)[C@H]2CC[C@]1(CF)C(N)=N[C@]2(C)c1cc(CC(=O)c2ncc(Cl)cc2Cl)ccc1F. The number of carbonyl (C=O) groups is 1. The van der Waals surface area contributed by atoms with Crippen LogP contribution in [0.5, 0.6) is 0 Å². The van der Waals surface area contributed by atoms with Gasteiger partial charge in [0.15, 0.2) is 5.78 Å². The van der Waals surface area contributed by atoms with Crippen LogP contribution >= 0.6 is 23.2 Å². The first-order chi connectivity index (χ1) is 15.0. The normalized spacial score (nSPS) is 31.4. The van der Waals surface area contributed by atoms with Crippen LogP contribution in [0.3, 0.4) is 0 Å². The first-order valence-electron chi connectivity index (χ1n) is 9.87. The Morgan fingerprint density at radius 3 is 2.75 bits per heavy atom. The van der Waals surface area contributed by atoms with Crippen molar-refractivity contribution in [2.75, 3.05) is 6.67 Å². The van der Waals surface area contributed by atoms with Gasteiger partial charge in [-0.05, 0) is 58.9 Å². The monoisotopic (exact) mass is 499 g/mol. The topological polar surface area (TPSA) is 85.4 Å². The van der Waals surface area contributed by atoms with Crippen LogP contribution in [0, 0.1) is 5.82 Å². The maximum absolute atomic E-state index is 15.0. The van der Waals surface area contributed by atoms with Crippen molar-refractivity contribution in [2.45, 2.75) is 41.7 Å². The maximum Gasteiger partial charge on any atom is 0.187 e. The van der Waals surface area contributed by atoms with Crippen LogP contribution in [-0.2, 0) is 21.5 Å². The van der Waals surface area contributed by atoms with Crippen molar-refractivity contribution in [3.05, 3.63) is 63.1 Å². The molecule has 170 valence electrons. The molecule has 0 radical (unpaired) electrons. The summed E-state index contributed by atoms with van der Waals surface area (Å²) in [6, 6.07) is 5.62. The molecule has 4 rings (SSSR count).